The molecule has 2 heterocycles. The molecule has 1 aromatic carbocycles. The number of rotatable bonds is 2. The number of hydrogen-bond donors (Lipinski definition) is 2. The van der Waals surface area contributed by atoms with E-state index in [4.69, 9.17) is 10.3 Å². The van der Waals surface area contributed by atoms with Crippen LogP contribution in [0.15, 0.2) is 41.2 Å². The highest BCUT2D eigenvalue weighted by atomic mass is 16.5. The van der Waals surface area contributed by atoms with Crippen LogP contribution in [0.3, 0.4) is 0 Å². The Labute approximate surface area is 104 Å². The zero-order valence-electron chi connectivity index (χ0n) is 9.84. The number of benzene rings is 1. The third-order valence-electron chi connectivity index (χ3n) is 2.89. The van der Waals surface area contributed by atoms with Crippen LogP contribution in [0.5, 0.6) is 0 Å². The van der Waals surface area contributed by atoms with Crippen molar-refractivity contribution in [3.63, 3.8) is 0 Å². The molecule has 0 amide bonds. The van der Waals surface area contributed by atoms with Crippen molar-refractivity contribution in [1.29, 1.82) is 0 Å². The monoisotopic (exact) mass is 240 g/mol. The van der Waals surface area contributed by atoms with Crippen LogP contribution >= 0.6 is 0 Å². The van der Waals surface area contributed by atoms with Crippen molar-refractivity contribution in [2.75, 3.05) is 5.73 Å². The molecule has 2 aromatic heterocycles. The third-order valence-corrected chi connectivity index (χ3v) is 2.89. The van der Waals surface area contributed by atoms with Gasteiger partial charge in [0.1, 0.15) is 0 Å². The van der Waals surface area contributed by atoms with Crippen LogP contribution in [0.4, 0.5) is 5.82 Å². The van der Waals surface area contributed by atoms with Crippen molar-refractivity contribution < 1.29 is 4.52 Å². The summed E-state index contributed by atoms with van der Waals surface area (Å²) in [4.78, 5) is 0. The minimum Gasteiger partial charge on any atom is -0.380 e. The van der Waals surface area contributed by atoms with Gasteiger partial charge in [-0.3, -0.25) is 5.10 Å². The molecule has 0 saturated carbocycles. The lowest BCUT2D eigenvalue weighted by molar-refractivity contribution is 0.436. The van der Waals surface area contributed by atoms with E-state index in [-0.39, 0.29) is 0 Å². The van der Waals surface area contributed by atoms with Crippen LogP contribution in [0.25, 0.3) is 22.5 Å². The molecule has 0 aliphatic heterocycles. The molecule has 0 fully saturated rings. The zero-order chi connectivity index (χ0) is 12.5. The molecule has 3 aromatic rings. The van der Waals surface area contributed by atoms with Crippen molar-refractivity contribution >= 4 is 5.82 Å². The molecule has 5 nitrogen and oxygen atoms in total. The van der Waals surface area contributed by atoms with E-state index in [1.165, 1.54) is 0 Å². The first kappa shape index (κ1) is 10.6. The molecule has 18 heavy (non-hydrogen) atoms. The summed E-state index contributed by atoms with van der Waals surface area (Å²) in [6, 6.07) is 7.98. The molecule has 90 valence electrons. The third kappa shape index (κ3) is 1.57. The molecule has 5 heteroatoms. The SMILES string of the molecule is Cc1ccccc1-c1c(N)noc1-c1cn[nH]c1. The molecule has 0 radical (unpaired) electrons. The quantitative estimate of drug-likeness (QED) is 0.721. The highest BCUT2D eigenvalue weighted by Crippen LogP contribution is 2.37. The van der Waals surface area contributed by atoms with Gasteiger partial charge in [-0.2, -0.15) is 5.10 Å². The number of hydrogen-bond acceptors (Lipinski definition) is 4. The van der Waals surface area contributed by atoms with Crippen LogP contribution in [-0.2, 0) is 0 Å². The molecule has 3 N–H and O–H groups in total. The van der Waals surface area contributed by atoms with E-state index in [2.05, 4.69) is 15.4 Å². The molecular formula is C13H12N4O. The zero-order valence-corrected chi connectivity index (χ0v) is 9.84. The van der Waals surface area contributed by atoms with E-state index in [9.17, 15) is 0 Å². The topological polar surface area (TPSA) is 80.7 Å². The van der Waals surface area contributed by atoms with Crippen molar-refractivity contribution in [2.24, 2.45) is 0 Å². The average molecular weight is 240 g/mol. The standard InChI is InChI=1S/C13H12N4O/c1-8-4-2-3-5-10(8)11-12(18-17-13(11)14)9-6-15-16-7-9/h2-7H,1H3,(H2,14,17)(H,15,16). The van der Waals surface area contributed by atoms with Crippen molar-refractivity contribution in [2.45, 2.75) is 6.92 Å². The van der Waals surface area contributed by atoms with E-state index in [0.29, 0.717) is 11.6 Å². The van der Waals surface area contributed by atoms with Gasteiger partial charge in [0, 0.05) is 6.20 Å². The maximum Gasteiger partial charge on any atom is 0.180 e. The largest absolute Gasteiger partial charge is 0.380 e. The van der Waals surface area contributed by atoms with Gasteiger partial charge in [-0.1, -0.05) is 29.4 Å². The van der Waals surface area contributed by atoms with Gasteiger partial charge in [-0.05, 0) is 18.1 Å². The minimum atomic E-state index is 0.389. The summed E-state index contributed by atoms with van der Waals surface area (Å²) < 4.78 is 5.31. The van der Waals surface area contributed by atoms with Gasteiger partial charge in [-0.15, -0.1) is 0 Å². The van der Waals surface area contributed by atoms with Gasteiger partial charge < -0.3 is 10.3 Å². The Morgan fingerprint density at radius 3 is 2.83 bits per heavy atom. The second-order valence-electron chi connectivity index (χ2n) is 4.07. The number of H-pyrrole nitrogens is 1. The van der Waals surface area contributed by atoms with E-state index in [0.717, 1.165) is 22.3 Å². The number of anilines is 1. The lowest BCUT2D eigenvalue weighted by atomic mass is 9.99. The predicted molar refractivity (Wildman–Crippen MR) is 68.7 cm³/mol. The summed E-state index contributed by atoms with van der Waals surface area (Å²) in [7, 11) is 0. The van der Waals surface area contributed by atoms with Gasteiger partial charge in [-0.25, -0.2) is 0 Å². The summed E-state index contributed by atoms with van der Waals surface area (Å²) >= 11 is 0. The van der Waals surface area contributed by atoms with Gasteiger partial charge in [0.25, 0.3) is 0 Å². The number of aromatic amines is 1. The highest BCUT2D eigenvalue weighted by Gasteiger charge is 2.19. The Morgan fingerprint density at radius 1 is 1.28 bits per heavy atom. The molecular weight excluding hydrogens is 228 g/mol. The molecule has 0 atom stereocenters. The Hall–Kier alpha value is -2.56. The summed E-state index contributed by atoms with van der Waals surface area (Å²) in [5.74, 6) is 1.02. The first-order valence-electron chi connectivity index (χ1n) is 5.57. The van der Waals surface area contributed by atoms with Gasteiger partial charge >= 0.3 is 0 Å². The summed E-state index contributed by atoms with van der Waals surface area (Å²) in [5, 5.41) is 10.5. The lowest BCUT2D eigenvalue weighted by Crippen LogP contribution is -1.90. The molecule has 0 spiro atoms. The summed E-state index contributed by atoms with van der Waals surface area (Å²) in [6.45, 7) is 2.03. The number of nitrogens with zero attached hydrogens (tertiary/aromatic N) is 2. The Morgan fingerprint density at radius 2 is 2.11 bits per heavy atom. The average Bonchev–Trinajstić information content (AvgIpc) is 2.99. The molecule has 0 aliphatic rings. The molecule has 0 unspecified atom stereocenters. The number of aromatic nitrogens is 3. The van der Waals surface area contributed by atoms with Crippen molar-refractivity contribution in [3.8, 4) is 22.5 Å². The fourth-order valence-electron chi connectivity index (χ4n) is 1.99. The van der Waals surface area contributed by atoms with Crippen LogP contribution in [-0.4, -0.2) is 15.4 Å². The number of nitrogens with two attached hydrogens (primary N) is 1. The van der Waals surface area contributed by atoms with Crippen molar-refractivity contribution in [3.05, 3.63) is 42.2 Å². The smallest absolute Gasteiger partial charge is 0.180 e. The maximum atomic E-state index is 5.91. The van der Waals surface area contributed by atoms with Gasteiger partial charge in [0.2, 0.25) is 0 Å². The second kappa shape index (κ2) is 4.03. The van der Waals surface area contributed by atoms with Gasteiger partial charge in [0.15, 0.2) is 11.6 Å². The number of aryl methyl sites for hydroxylation is 1. The normalized spacial score (nSPS) is 10.7. The Kier molecular flexibility index (Phi) is 2.37. The summed E-state index contributed by atoms with van der Waals surface area (Å²) in [5.41, 5.74) is 9.70. The lowest BCUT2D eigenvalue weighted by Gasteiger charge is -2.04. The fourth-order valence-corrected chi connectivity index (χ4v) is 1.99. The van der Waals surface area contributed by atoms with E-state index in [1.54, 1.807) is 12.4 Å². The first-order valence-corrected chi connectivity index (χ1v) is 5.57. The maximum absolute atomic E-state index is 5.91. The highest BCUT2D eigenvalue weighted by molar-refractivity contribution is 5.87. The van der Waals surface area contributed by atoms with Crippen LogP contribution in [0, 0.1) is 6.92 Å². The molecule has 3 rings (SSSR count). The first-order chi connectivity index (χ1) is 8.77. The van der Waals surface area contributed by atoms with E-state index < -0.39 is 0 Å². The van der Waals surface area contributed by atoms with Crippen LogP contribution in [0.2, 0.25) is 0 Å². The Balaban J connectivity index is 2.24. The fraction of sp³-hybridized carbons (Fsp3) is 0.0769. The molecule has 0 aliphatic carbocycles. The second-order valence-corrected chi connectivity index (χ2v) is 4.07. The summed E-state index contributed by atoms with van der Waals surface area (Å²) in [6.07, 6.45) is 3.43. The number of nitrogens with one attached hydrogen (secondary N) is 1. The Bertz CT molecular complexity index is 670. The minimum absolute atomic E-state index is 0.389. The number of nitrogen functional groups attached to an aromatic ring is 1. The van der Waals surface area contributed by atoms with E-state index in [1.807, 2.05) is 31.2 Å². The predicted octanol–water partition coefficient (Wildman–Crippen LogP) is 2.62. The van der Waals surface area contributed by atoms with Crippen LogP contribution < -0.4 is 5.73 Å². The van der Waals surface area contributed by atoms with Gasteiger partial charge in [0.05, 0.1) is 17.3 Å². The molecule has 0 bridgehead atoms. The van der Waals surface area contributed by atoms with Crippen LogP contribution in [0.1, 0.15) is 5.56 Å². The molecule has 0 saturated heterocycles. The van der Waals surface area contributed by atoms with E-state index >= 15 is 0 Å². The van der Waals surface area contributed by atoms with Crippen molar-refractivity contribution in [1.82, 2.24) is 15.4 Å².